The van der Waals surface area contributed by atoms with Crippen molar-refractivity contribution in [2.45, 2.75) is 38.3 Å². The van der Waals surface area contributed by atoms with E-state index in [4.69, 9.17) is 0 Å². The molecule has 1 aliphatic rings. The summed E-state index contributed by atoms with van der Waals surface area (Å²) in [5.74, 6) is -3.92. The molecule has 126 valence electrons. The van der Waals surface area contributed by atoms with Crippen molar-refractivity contribution < 1.29 is 23.2 Å². The average Bonchev–Trinajstić information content (AvgIpc) is 3.11. The van der Waals surface area contributed by atoms with Crippen LogP contribution < -0.4 is 5.32 Å². The zero-order chi connectivity index (χ0) is 17.0. The van der Waals surface area contributed by atoms with Crippen LogP contribution >= 0.6 is 0 Å². The van der Waals surface area contributed by atoms with E-state index in [-0.39, 0.29) is 18.1 Å². The van der Waals surface area contributed by atoms with Gasteiger partial charge in [0.15, 0.2) is 0 Å². The molecule has 1 aromatic heterocycles. The van der Waals surface area contributed by atoms with Crippen molar-refractivity contribution in [1.82, 2.24) is 20.0 Å². The van der Waals surface area contributed by atoms with Crippen LogP contribution in [-0.2, 0) is 16.1 Å². The molecule has 2 heterocycles. The topological polar surface area (TPSA) is 84.3 Å². The van der Waals surface area contributed by atoms with Gasteiger partial charge >= 0.3 is 0 Å². The maximum absolute atomic E-state index is 12.9. The van der Waals surface area contributed by atoms with Gasteiger partial charge in [-0.2, -0.15) is 5.10 Å². The average molecular weight is 328 g/mol. The van der Waals surface area contributed by atoms with E-state index in [1.165, 1.54) is 17.2 Å². The van der Waals surface area contributed by atoms with Crippen molar-refractivity contribution in [2.24, 2.45) is 0 Å². The number of alkyl halides is 2. The Morgan fingerprint density at radius 1 is 1.52 bits per heavy atom. The molecule has 0 aromatic carbocycles. The second-order valence-corrected chi connectivity index (χ2v) is 5.58. The fourth-order valence-electron chi connectivity index (χ4n) is 2.45. The first-order chi connectivity index (χ1) is 10.8. The van der Waals surface area contributed by atoms with E-state index in [2.05, 4.69) is 10.4 Å². The number of amides is 2. The minimum Gasteiger partial charge on any atom is -0.342 e. The maximum Gasteiger partial charge on any atom is 0.272 e. The molecular formula is C14H18F2N4O3. The largest absolute Gasteiger partial charge is 0.342 e. The van der Waals surface area contributed by atoms with Gasteiger partial charge in [-0.15, -0.1) is 0 Å². The Kier molecular flexibility index (Phi) is 5.07. The SMILES string of the molecule is CC(F)(F)Cn1ccc(C(=O)NCC(=O)N2CCCC2C=O)n1. The highest BCUT2D eigenvalue weighted by Crippen LogP contribution is 2.15. The Morgan fingerprint density at radius 3 is 2.91 bits per heavy atom. The van der Waals surface area contributed by atoms with Gasteiger partial charge in [0.05, 0.1) is 12.6 Å². The Morgan fingerprint density at radius 2 is 2.26 bits per heavy atom. The first kappa shape index (κ1) is 17.0. The van der Waals surface area contributed by atoms with Gasteiger partial charge in [-0.3, -0.25) is 14.3 Å². The minimum absolute atomic E-state index is 0.0459. The Balaban J connectivity index is 1.87. The third-order valence-corrected chi connectivity index (χ3v) is 3.49. The van der Waals surface area contributed by atoms with Crippen LogP contribution in [0.5, 0.6) is 0 Å². The lowest BCUT2D eigenvalue weighted by molar-refractivity contribution is -0.133. The number of nitrogens with one attached hydrogen (secondary N) is 1. The third-order valence-electron chi connectivity index (χ3n) is 3.49. The van der Waals surface area contributed by atoms with E-state index in [0.717, 1.165) is 24.3 Å². The molecule has 1 unspecified atom stereocenters. The predicted molar refractivity (Wildman–Crippen MR) is 76.0 cm³/mol. The fourth-order valence-corrected chi connectivity index (χ4v) is 2.45. The van der Waals surface area contributed by atoms with Crippen LogP contribution in [0.3, 0.4) is 0 Å². The highest BCUT2D eigenvalue weighted by atomic mass is 19.3. The Labute approximate surface area is 131 Å². The van der Waals surface area contributed by atoms with Gasteiger partial charge in [0.25, 0.3) is 11.8 Å². The smallest absolute Gasteiger partial charge is 0.272 e. The molecule has 7 nitrogen and oxygen atoms in total. The van der Waals surface area contributed by atoms with Crippen molar-refractivity contribution >= 4 is 18.1 Å². The summed E-state index contributed by atoms with van der Waals surface area (Å²) in [6.07, 6.45) is 3.37. The molecule has 0 saturated carbocycles. The number of halogens is 2. The number of hydrogen-bond acceptors (Lipinski definition) is 4. The molecule has 23 heavy (non-hydrogen) atoms. The summed E-state index contributed by atoms with van der Waals surface area (Å²) in [6, 6.07) is 0.862. The maximum atomic E-state index is 12.9. The fraction of sp³-hybridized carbons (Fsp3) is 0.571. The summed E-state index contributed by atoms with van der Waals surface area (Å²) in [5.41, 5.74) is -0.0459. The molecule has 1 atom stereocenters. The second-order valence-electron chi connectivity index (χ2n) is 5.58. The zero-order valence-corrected chi connectivity index (χ0v) is 12.7. The molecule has 0 spiro atoms. The summed E-state index contributed by atoms with van der Waals surface area (Å²) in [4.78, 5) is 36.1. The van der Waals surface area contributed by atoms with Gasteiger partial charge < -0.3 is 15.0 Å². The van der Waals surface area contributed by atoms with Crippen LogP contribution in [0.1, 0.15) is 30.3 Å². The van der Waals surface area contributed by atoms with Gasteiger partial charge in [-0.25, -0.2) is 8.78 Å². The molecule has 1 N–H and O–H groups in total. The lowest BCUT2D eigenvalue weighted by Crippen LogP contribution is -2.43. The van der Waals surface area contributed by atoms with Crippen LogP contribution in [0, 0.1) is 0 Å². The number of aldehydes is 1. The standard InChI is InChI=1S/C14H18F2N4O3/c1-14(15,16)9-19-6-4-11(18-19)13(23)17-7-12(22)20-5-2-3-10(20)8-21/h4,6,8,10H,2-3,5,7,9H2,1H3,(H,17,23). The van der Waals surface area contributed by atoms with Gasteiger partial charge in [-0.1, -0.05) is 0 Å². The molecule has 9 heteroatoms. The van der Waals surface area contributed by atoms with Crippen LogP contribution in [0.2, 0.25) is 0 Å². The molecule has 1 saturated heterocycles. The third kappa shape index (κ3) is 4.57. The Bertz CT molecular complexity index is 597. The van der Waals surface area contributed by atoms with E-state index in [0.29, 0.717) is 13.0 Å². The molecule has 1 fully saturated rings. The van der Waals surface area contributed by atoms with Gasteiger partial charge in [0.2, 0.25) is 5.91 Å². The molecule has 1 aromatic rings. The molecule has 2 rings (SSSR count). The molecule has 2 amide bonds. The van der Waals surface area contributed by atoms with E-state index in [1.807, 2.05) is 0 Å². The van der Waals surface area contributed by atoms with Crippen molar-refractivity contribution in [3.05, 3.63) is 18.0 Å². The lowest BCUT2D eigenvalue weighted by Gasteiger charge is -2.20. The van der Waals surface area contributed by atoms with Crippen LogP contribution in [0.25, 0.3) is 0 Å². The first-order valence-electron chi connectivity index (χ1n) is 7.24. The number of carbonyl (C=O) groups is 3. The molecule has 0 bridgehead atoms. The van der Waals surface area contributed by atoms with Crippen molar-refractivity contribution in [3.63, 3.8) is 0 Å². The number of likely N-dealkylation sites (tertiary alicyclic amines) is 1. The normalized spacial score (nSPS) is 18.0. The highest BCUT2D eigenvalue weighted by Gasteiger charge is 2.28. The van der Waals surface area contributed by atoms with Crippen LogP contribution in [0.15, 0.2) is 12.3 Å². The summed E-state index contributed by atoms with van der Waals surface area (Å²) >= 11 is 0. The summed E-state index contributed by atoms with van der Waals surface area (Å²) < 4.78 is 26.7. The highest BCUT2D eigenvalue weighted by molar-refractivity contribution is 5.95. The van der Waals surface area contributed by atoms with E-state index >= 15 is 0 Å². The number of aromatic nitrogens is 2. The van der Waals surface area contributed by atoms with E-state index in [1.54, 1.807) is 0 Å². The summed E-state index contributed by atoms with van der Waals surface area (Å²) in [6.45, 7) is 0.346. The second kappa shape index (κ2) is 6.84. The van der Waals surface area contributed by atoms with E-state index in [9.17, 15) is 23.2 Å². The number of nitrogens with zero attached hydrogens (tertiary/aromatic N) is 3. The zero-order valence-electron chi connectivity index (χ0n) is 12.7. The van der Waals surface area contributed by atoms with Gasteiger partial charge in [0, 0.05) is 19.7 Å². The van der Waals surface area contributed by atoms with Crippen molar-refractivity contribution in [1.29, 1.82) is 0 Å². The minimum atomic E-state index is -2.94. The van der Waals surface area contributed by atoms with Crippen molar-refractivity contribution in [2.75, 3.05) is 13.1 Å². The first-order valence-corrected chi connectivity index (χ1v) is 7.24. The van der Waals surface area contributed by atoms with Crippen LogP contribution in [-0.4, -0.2) is 57.8 Å². The van der Waals surface area contributed by atoms with Crippen LogP contribution in [0.4, 0.5) is 8.78 Å². The summed E-state index contributed by atoms with van der Waals surface area (Å²) in [5, 5.41) is 6.13. The summed E-state index contributed by atoms with van der Waals surface area (Å²) in [7, 11) is 0. The molecule has 0 radical (unpaired) electrons. The molecule has 0 aliphatic carbocycles. The molecular weight excluding hydrogens is 310 g/mol. The molecule has 1 aliphatic heterocycles. The Hall–Kier alpha value is -2.32. The monoisotopic (exact) mass is 328 g/mol. The predicted octanol–water partition coefficient (Wildman–Crippen LogP) is 0.458. The van der Waals surface area contributed by atoms with Gasteiger partial charge in [-0.05, 0) is 18.9 Å². The lowest BCUT2D eigenvalue weighted by atomic mass is 10.2. The van der Waals surface area contributed by atoms with Crippen molar-refractivity contribution in [3.8, 4) is 0 Å². The number of hydrogen-bond donors (Lipinski definition) is 1. The van der Waals surface area contributed by atoms with Gasteiger partial charge in [0.1, 0.15) is 18.5 Å². The quantitative estimate of drug-likeness (QED) is 0.769. The number of carbonyl (C=O) groups excluding carboxylic acids is 3. The number of rotatable bonds is 6. The van der Waals surface area contributed by atoms with E-state index < -0.39 is 24.4 Å².